The fourth-order valence-corrected chi connectivity index (χ4v) is 2.64. The number of pyridine rings is 1. The second-order valence-electron chi connectivity index (χ2n) is 4.60. The minimum Gasteiger partial charge on any atom is -0.395 e. The van der Waals surface area contributed by atoms with Crippen molar-refractivity contribution < 1.29 is 5.11 Å². The molecular formula is C13H19N3OS. The Bertz CT molecular complexity index is 418. The fraction of sp³-hybridized carbons (Fsp3) is 0.538. The number of hydrogen-bond acceptors (Lipinski definition) is 4. The molecule has 0 amide bonds. The summed E-state index contributed by atoms with van der Waals surface area (Å²) in [5, 5.41) is 9.22. The zero-order chi connectivity index (χ0) is 13.0. The Morgan fingerprint density at radius 1 is 1.44 bits per heavy atom. The highest BCUT2D eigenvalue weighted by atomic mass is 32.1. The number of thiocarbonyl (C=S) groups is 1. The maximum atomic E-state index is 9.22. The third-order valence-electron chi connectivity index (χ3n) is 3.39. The molecule has 1 aliphatic carbocycles. The third kappa shape index (κ3) is 2.97. The summed E-state index contributed by atoms with van der Waals surface area (Å²) in [6.45, 7) is 0.744. The van der Waals surface area contributed by atoms with Crippen molar-refractivity contribution in [3.05, 3.63) is 23.9 Å². The molecule has 0 atom stereocenters. The van der Waals surface area contributed by atoms with Crippen molar-refractivity contribution in [1.29, 1.82) is 0 Å². The lowest BCUT2D eigenvalue weighted by Crippen LogP contribution is -2.36. The second-order valence-corrected chi connectivity index (χ2v) is 5.04. The normalized spacial score (nSPS) is 15.8. The number of anilines is 1. The first-order chi connectivity index (χ1) is 8.72. The van der Waals surface area contributed by atoms with Crippen molar-refractivity contribution in [2.45, 2.75) is 31.7 Å². The van der Waals surface area contributed by atoms with Gasteiger partial charge in [0.2, 0.25) is 0 Å². The minimum absolute atomic E-state index is 0.134. The molecule has 1 fully saturated rings. The highest BCUT2D eigenvalue weighted by Crippen LogP contribution is 2.27. The molecule has 4 nitrogen and oxygen atoms in total. The van der Waals surface area contributed by atoms with Crippen LogP contribution in [0.25, 0.3) is 0 Å². The zero-order valence-electron chi connectivity index (χ0n) is 10.4. The Morgan fingerprint density at radius 2 is 2.17 bits per heavy atom. The Balaban J connectivity index is 2.23. The molecule has 0 unspecified atom stereocenters. The molecule has 18 heavy (non-hydrogen) atoms. The van der Waals surface area contributed by atoms with Crippen LogP contribution >= 0.6 is 12.2 Å². The van der Waals surface area contributed by atoms with E-state index < -0.39 is 0 Å². The summed E-state index contributed by atoms with van der Waals surface area (Å²) >= 11 is 4.96. The predicted molar refractivity (Wildman–Crippen MR) is 76.8 cm³/mol. The van der Waals surface area contributed by atoms with Gasteiger partial charge in [0.05, 0.1) is 12.3 Å². The Kier molecular flexibility index (Phi) is 4.49. The van der Waals surface area contributed by atoms with Crippen molar-refractivity contribution in [3.8, 4) is 0 Å². The monoisotopic (exact) mass is 265 g/mol. The molecular weight excluding hydrogens is 246 g/mol. The van der Waals surface area contributed by atoms with Crippen LogP contribution in [0.3, 0.4) is 0 Å². The number of nitrogens with two attached hydrogens (primary N) is 1. The lowest BCUT2D eigenvalue weighted by Gasteiger charge is -2.29. The van der Waals surface area contributed by atoms with Crippen LogP contribution < -0.4 is 10.6 Å². The third-order valence-corrected chi connectivity index (χ3v) is 3.60. The van der Waals surface area contributed by atoms with E-state index in [1.165, 1.54) is 25.7 Å². The SMILES string of the molecule is NC(=S)c1cccc(N(CCO)C2CCCC2)n1. The largest absolute Gasteiger partial charge is 0.395 e. The molecule has 1 heterocycles. The summed E-state index contributed by atoms with van der Waals surface area (Å²) in [7, 11) is 0. The number of aliphatic hydroxyl groups is 1. The van der Waals surface area contributed by atoms with Gasteiger partial charge in [0.15, 0.2) is 0 Å². The highest BCUT2D eigenvalue weighted by molar-refractivity contribution is 7.80. The first kappa shape index (κ1) is 13.2. The lowest BCUT2D eigenvalue weighted by molar-refractivity contribution is 0.297. The molecule has 1 aliphatic rings. The molecule has 0 radical (unpaired) electrons. The quantitative estimate of drug-likeness (QED) is 0.789. The van der Waals surface area contributed by atoms with E-state index in [-0.39, 0.29) is 6.61 Å². The number of rotatable bonds is 5. The highest BCUT2D eigenvalue weighted by Gasteiger charge is 2.23. The van der Waals surface area contributed by atoms with E-state index in [1.807, 2.05) is 18.2 Å². The van der Waals surface area contributed by atoms with E-state index in [1.54, 1.807) is 0 Å². The van der Waals surface area contributed by atoms with E-state index in [9.17, 15) is 5.11 Å². The summed E-state index contributed by atoms with van der Waals surface area (Å²) in [5.41, 5.74) is 6.25. The maximum Gasteiger partial charge on any atom is 0.129 e. The fourth-order valence-electron chi connectivity index (χ4n) is 2.53. The molecule has 1 saturated carbocycles. The van der Waals surface area contributed by atoms with Gasteiger partial charge in [0, 0.05) is 12.6 Å². The molecule has 0 bridgehead atoms. The van der Waals surface area contributed by atoms with Crippen molar-refractivity contribution >= 4 is 23.0 Å². The smallest absolute Gasteiger partial charge is 0.129 e. The van der Waals surface area contributed by atoms with Gasteiger partial charge in [0.25, 0.3) is 0 Å². The van der Waals surface area contributed by atoms with Crippen molar-refractivity contribution in [2.75, 3.05) is 18.1 Å². The van der Waals surface area contributed by atoms with Crippen LogP contribution in [0.2, 0.25) is 0 Å². The summed E-state index contributed by atoms with van der Waals surface area (Å²) in [5.74, 6) is 0.862. The van der Waals surface area contributed by atoms with Crippen LogP contribution in [-0.4, -0.2) is 34.3 Å². The minimum atomic E-state index is 0.134. The summed E-state index contributed by atoms with van der Waals surface area (Å²) in [6, 6.07) is 6.16. The second kappa shape index (κ2) is 6.11. The van der Waals surface area contributed by atoms with Gasteiger partial charge in [-0.3, -0.25) is 0 Å². The van der Waals surface area contributed by atoms with Crippen LogP contribution in [0.1, 0.15) is 31.4 Å². The topological polar surface area (TPSA) is 62.4 Å². The van der Waals surface area contributed by atoms with Gasteiger partial charge in [-0.15, -0.1) is 0 Å². The number of aromatic nitrogens is 1. The van der Waals surface area contributed by atoms with Gasteiger partial charge in [0.1, 0.15) is 10.8 Å². The van der Waals surface area contributed by atoms with Gasteiger partial charge in [-0.1, -0.05) is 31.1 Å². The standard InChI is InChI=1S/C13H19N3OS/c14-13(18)11-6-3-7-12(15-11)16(8-9-17)10-4-1-2-5-10/h3,6-7,10,17H,1-2,4-5,8-9H2,(H2,14,18). The first-order valence-corrected chi connectivity index (χ1v) is 6.77. The molecule has 0 aliphatic heterocycles. The van der Waals surface area contributed by atoms with E-state index in [2.05, 4.69) is 9.88 Å². The van der Waals surface area contributed by atoms with Gasteiger partial charge in [-0.05, 0) is 25.0 Å². The number of hydrogen-bond donors (Lipinski definition) is 2. The molecule has 5 heteroatoms. The van der Waals surface area contributed by atoms with Gasteiger partial charge in [-0.2, -0.15) is 0 Å². The van der Waals surface area contributed by atoms with Gasteiger partial charge < -0.3 is 15.7 Å². The number of nitrogens with zero attached hydrogens (tertiary/aromatic N) is 2. The van der Waals surface area contributed by atoms with Crippen molar-refractivity contribution in [3.63, 3.8) is 0 Å². The van der Waals surface area contributed by atoms with Gasteiger partial charge >= 0.3 is 0 Å². The number of aliphatic hydroxyl groups excluding tert-OH is 1. The van der Waals surface area contributed by atoms with Gasteiger partial charge in [-0.25, -0.2) is 4.98 Å². The lowest BCUT2D eigenvalue weighted by atomic mass is 10.2. The van der Waals surface area contributed by atoms with Crippen LogP contribution in [0.15, 0.2) is 18.2 Å². The maximum absolute atomic E-state index is 9.22. The van der Waals surface area contributed by atoms with Crippen LogP contribution in [0.5, 0.6) is 0 Å². The van der Waals surface area contributed by atoms with Crippen molar-refractivity contribution in [1.82, 2.24) is 4.98 Å². The van der Waals surface area contributed by atoms with E-state index in [0.29, 0.717) is 23.3 Å². The van der Waals surface area contributed by atoms with Crippen LogP contribution in [0, 0.1) is 0 Å². The molecule has 0 saturated heterocycles. The van der Waals surface area contributed by atoms with Crippen molar-refractivity contribution in [2.24, 2.45) is 5.73 Å². The zero-order valence-corrected chi connectivity index (χ0v) is 11.2. The van der Waals surface area contributed by atoms with E-state index in [4.69, 9.17) is 18.0 Å². The first-order valence-electron chi connectivity index (χ1n) is 6.36. The van der Waals surface area contributed by atoms with Crippen LogP contribution in [0.4, 0.5) is 5.82 Å². The van der Waals surface area contributed by atoms with Crippen LogP contribution in [-0.2, 0) is 0 Å². The summed E-state index contributed by atoms with van der Waals surface area (Å²) < 4.78 is 0. The predicted octanol–water partition coefficient (Wildman–Crippen LogP) is 1.46. The average Bonchev–Trinajstić information content (AvgIpc) is 2.89. The van der Waals surface area contributed by atoms with E-state index in [0.717, 1.165) is 5.82 Å². The summed E-state index contributed by atoms with van der Waals surface area (Å²) in [4.78, 5) is 6.97. The Morgan fingerprint density at radius 3 is 2.78 bits per heavy atom. The van der Waals surface area contributed by atoms with E-state index >= 15 is 0 Å². The Hall–Kier alpha value is -1.20. The summed E-state index contributed by atoms with van der Waals surface area (Å²) in [6.07, 6.45) is 4.83. The Labute approximate surface area is 113 Å². The molecule has 0 aromatic carbocycles. The molecule has 1 aromatic heterocycles. The average molecular weight is 265 g/mol. The molecule has 98 valence electrons. The molecule has 1 aromatic rings. The molecule has 0 spiro atoms. The molecule has 2 rings (SSSR count). The molecule has 3 N–H and O–H groups in total.